The summed E-state index contributed by atoms with van der Waals surface area (Å²) in [4.78, 5) is 4.63. The van der Waals surface area contributed by atoms with Crippen molar-refractivity contribution in [2.75, 3.05) is 0 Å². The number of rotatable bonds is 3. The molecule has 1 N–H and O–H groups in total. The molecule has 4 heteroatoms. The van der Waals surface area contributed by atoms with Crippen LogP contribution < -0.4 is 0 Å². The van der Waals surface area contributed by atoms with Crippen LogP contribution in [0.5, 0.6) is 0 Å². The number of imidazole rings is 1. The molecule has 4 aliphatic rings. The minimum absolute atomic E-state index is 0.254. The first kappa shape index (κ1) is 14.2. The highest BCUT2D eigenvalue weighted by Gasteiger charge is 2.59. The van der Waals surface area contributed by atoms with Gasteiger partial charge in [-0.15, -0.1) is 0 Å². The second-order valence-corrected chi connectivity index (χ2v) is 9.17. The highest BCUT2D eigenvalue weighted by molar-refractivity contribution is 7.08. The van der Waals surface area contributed by atoms with E-state index in [1.807, 2.05) is 6.20 Å². The van der Waals surface area contributed by atoms with Gasteiger partial charge in [0.25, 0.3) is 0 Å². The van der Waals surface area contributed by atoms with Gasteiger partial charge in [-0.05, 0) is 74.1 Å². The molecule has 0 spiro atoms. The lowest BCUT2D eigenvalue weighted by molar-refractivity contribution is -0.176. The lowest BCUT2D eigenvalue weighted by Gasteiger charge is -2.62. The van der Waals surface area contributed by atoms with Gasteiger partial charge >= 0.3 is 0 Å². The predicted molar refractivity (Wildman–Crippen MR) is 92.3 cm³/mol. The fourth-order valence-corrected chi connectivity index (χ4v) is 6.94. The number of aromatic nitrogens is 2. The molecule has 2 aromatic rings. The summed E-state index contributed by atoms with van der Waals surface area (Å²) in [6.07, 6.45) is 11.0. The number of nitrogens with zero attached hydrogens (tertiary/aromatic N) is 2. The largest absolute Gasteiger partial charge is 0.390 e. The molecule has 0 radical (unpaired) electrons. The standard InChI is InChI=1S/C19H24N2OS/c1-13(21-4-3-20-17(21)16-2-5-23-11-16)18-7-14-6-15(8-18)10-19(22,9-14)12-18/h2-5,11,13-15,22H,6-10,12H2,1H3. The molecule has 2 aromatic heterocycles. The van der Waals surface area contributed by atoms with E-state index in [1.54, 1.807) is 11.3 Å². The van der Waals surface area contributed by atoms with Gasteiger partial charge in [-0.3, -0.25) is 0 Å². The highest BCUT2D eigenvalue weighted by atomic mass is 32.1. The topological polar surface area (TPSA) is 38.0 Å². The maximum atomic E-state index is 11.0. The first-order chi connectivity index (χ1) is 11.1. The van der Waals surface area contributed by atoms with Crippen LogP contribution in [0.1, 0.15) is 51.5 Å². The molecule has 4 aliphatic carbocycles. The second-order valence-electron chi connectivity index (χ2n) is 8.39. The Labute approximate surface area is 141 Å². The molecule has 0 saturated heterocycles. The molecule has 3 atom stereocenters. The molecule has 4 saturated carbocycles. The zero-order valence-corrected chi connectivity index (χ0v) is 14.4. The van der Waals surface area contributed by atoms with Crippen LogP contribution in [-0.2, 0) is 0 Å². The van der Waals surface area contributed by atoms with Crippen molar-refractivity contribution < 1.29 is 5.11 Å². The Hall–Kier alpha value is -1.13. The number of hydrogen-bond donors (Lipinski definition) is 1. The molecule has 6 rings (SSSR count). The summed E-state index contributed by atoms with van der Waals surface area (Å²) in [6.45, 7) is 2.36. The molecule has 0 aromatic carbocycles. The van der Waals surface area contributed by atoms with Crippen molar-refractivity contribution in [2.24, 2.45) is 17.3 Å². The van der Waals surface area contributed by atoms with E-state index in [1.165, 1.54) is 24.8 Å². The van der Waals surface area contributed by atoms with E-state index >= 15 is 0 Å². The van der Waals surface area contributed by atoms with Crippen molar-refractivity contribution in [3.8, 4) is 11.4 Å². The molecule has 3 nitrogen and oxygen atoms in total. The van der Waals surface area contributed by atoms with Crippen molar-refractivity contribution in [1.82, 2.24) is 9.55 Å². The van der Waals surface area contributed by atoms with Crippen LogP contribution in [0.15, 0.2) is 29.2 Å². The van der Waals surface area contributed by atoms with Crippen molar-refractivity contribution in [1.29, 1.82) is 0 Å². The molecule has 2 heterocycles. The third-order valence-corrected chi connectivity index (χ3v) is 7.51. The lowest BCUT2D eigenvalue weighted by atomic mass is 9.46. The smallest absolute Gasteiger partial charge is 0.140 e. The Morgan fingerprint density at radius 1 is 1.30 bits per heavy atom. The summed E-state index contributed by atoms with van der Waals surface area (Å²) in [5, 5.41) is 15.3. The van der Waals surface area contributed by atoms with Gasteiger partial charge in [-0.2, -0.15) is 11.3 Å². The highest BCUT2D eigenvalue weighted by Crippen LogP contribution is 2.65. The van der Waals surface area contributed by atoms with E-state index in [2.05, 4.69) is 39.5 Å². The van der Waals surface area contributed by atoms with Crippen LogP contribution in [0.25, 0.3) is 11.4 Å². The maximum Gasteiger partial charge on any atom is 0.140 e. The fraction of sp³-hybridized carbons (Fsp3) is 0.632. The summed E-state index contributed by atoms with van der Waals surface area (Å²) in [5.74, 6) is 2.55. The molecular weight excluding hydrogens is 304 g/mol. The van der Waals surface area contributed by atoms with Crippen LogP contribution in [-0.4, -0.2) is 20.3 Å². The molecule has 122 valence electrons. The molecule has 0 amide bonds. The van der Waals surface area contributed by atoms with Gasteiger partial charge in [0.2, 0.25) is 0 Å². The molecule has 4 bridgehead atoms. The Balaban J connectivity index is 1.54. The van der Waals surface area contributed by atoms with Crippen molar-refractivity contribution in [3.05, 3.63) is 29.2 Å². The summed E-state index contributed by atoms with van der Waals surface area (Å²) in [7, 11) is 0. The van der Waals surface area contributed by atoms with E-state index < -0.39 is 0 Å². The number of thiophene rings is 1. The van der Waals surface area contributed by atoms with Crippen LogP contribution in [0.4, 0.5) is 0 Å². The summed E-state index contributed by atoms with van der Waals surface area (Å²) >= 11 is 1.72. The van der Waals surface area contributed by atoms with E-state index in [0.717, 1.165) is 36.9 Å². The fourth-order valence-electron chi connectivity index (χ4n) is 6.31. The summed E-state index contributed by atoms with van der Waals surface area (Å²) in [5.41, 5.74) is 1.08. The third-order valence-electron chi connectivity index (χ3n) is 6.83. The van der Waals surface area contributed by atoms with Crippen LogP contribution in [0.2, 0.25) is 0 Å². The Morgan fingerprint density at radius 3 is 2.74 bits per heavy atom. The zero-order chi connectivity index (χ0) is 15.7. The molecule has 4 fully saturated rings. The Bertz CT molecular complexity index is 706. The van der Waals surface area contributed by atoms with Crippen molar-refractivity contribution in [3.63, 3.8) is 0 Å². The molecule has 3 unspecified atom stereocenters. The van der Waals surface area contributed by atoms with Gasteiger partial charge in [0.15, 0.2) is 0 Å². The molecule has 23 heavy (non-hydrogen) atoms. The van der Waals surface area contributed by atoms with E-state index in [-0.39, 0.29) is 11.0 Å². The van der Waals surface area contributed by atoms with Gasteiger partial charge in [0.1, 0.15) is 5.82 Å². The van der Waals surface area contributed by atoms with E-state index in [4.69, 9.17) is 0 Å². The van der Waals surface area contributed by atoms with Gasteiger partial charge in [0.05, 0.1) is 5.60 Å². The average molecular weight is 328 g/mol. The van der Waals surface area contributed by atoms with Crippen LogP contribution >= 0.6 is 11.3 Å². The van der Waals surface area contributed by atoms with Crippen LogP contribution in [0, 0.1) is 17.3 Å². The normalized spacial score (nSPS) is 39.7. The Morgan fingerprint density at radius 2 is 2.09 bits per heavy atom. The molecule has 0 aliphatic heterocycles. The van der Waals surface area contributed by atoms with Crippen LogP contribution in [0.3, 0.4) is 0 Å². The van der Waals surface area contributed by atoms with E-state index in [0.29, 0.717) is 6.04 Å². The minimum atomic E-state index is -0.387. The van der Waals surface area contributed by atoms with Gasteiger partial charge in [0, 0.05) is 29.4 Å². The van der Waals surface area contributed by atoms with Gasteiger partial charge in [-0.25, -0.2) is 4.98 Å². The predicted octanol–water partition coefficient (Wildman–Crippen LogP) is 4.50. The monoisotopic (exact) mass is 328 g/mol. The van der Waals surface area contributed by atoms with Crippen molar-refractivity contribution >= 4 is 11.3 Å². The second kappa shape index (κ2) is 4.70. The number of aliphatic hydroxyl groups is 1. The summed E-state index contributed by atoms with van der Waals surface area (Å²) in [6, 6.07) is 2.56. The quantitative estimate of drug-likeness (QED) is 0.900. The Kier molecular flexibility index (Phi) is 2.91. The van der Waals surface area contributed by atoms with Crippen molar-refractivity contribution in [2.45, 2.75) is 57.1 Å². The average Bonchev–Trinajstić information content (AvgIpc) is 3.15. The number of hydrogen-bond acceptors (Lipinski definition) is 3. The van der Waals surface area contributed by atoms with E-state index in [9.17, 15) is 5.11 Å². The minimum Gasteiger partial charge on any atom is -0.390 e. The van der Waals surface area contributed by atoms with Gasteiger partial charge in [-0.1, -0.05) is 0 Å². The first-order valence-corrected chi connectivity index (χ1v) is 9.79. The lowest BCUT2D eigenvalue weighted by Crippen LogP contribution is -2.57. The zero-order valence-electron chi connectivity index (χ0n) is 13.6. The van der Waals surface area contributed by atoms with Gasteiger partial charge < -0.3 is 9.67 Å². The summed E-state index contributed by atoms with van der Waals surface area (Å²) < 4.78 is 2.37. The first-order valence-electron chi connectivity index (χ1n) is 8.85. The maximum absolute atomic E-state index is 11.0. The SMILES string of the molecule is CC(n1ccnc1-c1ccsc1)C12CC3CC(CC(O)(C3)C1)C2. The third kappa shape index (κ3) is 2.07. The molecular formula is C19H24N2OS.